The van der Waals surface area contributed by atoms with Crippen LogP contribution in [0.5, 0.6) is 11.5 Å². The van der Waals surface area contributed by atoms with Crippen molar-refractivity contribution in [3.63, 3.8) is 0 Å². The van der Waals surface area contributed by atoms with Gasteiger partial charge in [-0.3, -0.25) is 4.79 Å². The van der Waals surface area contributed by atoms with Gasteiger partial charge in [0, 0.05) is 20.4 Å². The molecule has 192 valence electrons. The van der Waals surface area contributed by atoms with Crippen LogP contribution in [-0.4, -0.2) is 22.5 Å². The Morgan fingerprint density at radius 2 is 1.86 bits per heavy atom. The quantitative estimate of drug-likeness (QED) is 0.180. The molecule has 0 aliphatic heterocycles. The summed E-state index contributed by atoms with van der Waals surface area (Å²) in [4.78, 5) is 18.1. The number of nitrogens with zero attached hydrogens (tertiary/aromatic N) is 3. The first-order valence-corrected chi connectivity index (χ1v) is 13.5. The molecule has 6 nitrogen and oxygen atoms in total. The highest BCUT2D eigenvalue weighted by Gasteiger charge is 2.16. The number of ether oxygens (including phenoxy) is 2. The van der Waals surface area contributed by atoms with Crippen molar-refractivity contribution >= 4 is 49.0 Å². The molecule has 0 aliphatic rings. The lowest BCUT2D eigenvalue weighted by molar-refractivity contribution is 0.269. The van der Waals surface area contributed by atoms with E-state index in [9.17, 15) is 9.18 Å². The second-order valence-electron chi connectivity index (χ2n) is 8.47. The topological polar surface area (TPSA) is 65.7 Å². The number of rotatable bonds is 9. The summed E-state index contributed by atoms with van der Waals surface area (Å²) < 4.78 is 28.1. The van der Waals surface area contributed by atoms with E-state index in [1.54, 1.807) is 36.5 Å². The molecule has 0 spiro atoms. The summed E-state index contributed by atoms with van der Waals surface area (Å²) in [7, 11) is 0. The Morgan fingerprint density at radius 3 is 2.59 bits per heavy atom. The zero-order chi connectivity index (χ0) is 26.5. The molecule has 0 aliphatic carbocycles. The summed E-state index contributed by atoms with van der Waals surface area (Å²) in [6, 6.07) is 15.3. The molecule has 4 rings (SSSR count). The zero-order valence-corrected chi connectivity index (χ0v) is 23.8. The Morgan fingerprint density at radius 1 is 1.08 bits per heavy atom. The zero-order valence-electron chi connectivity index (χ0n) is 20.7. The van der Waals surface area contributed by atoms with E-state index in [-0.39, 0.29) is 23.9 Å². The molecule has 0 bridgehead atoms. The number of halogens is 3. The van der Waals surface area contributed by atoms with Gasteiger partial charge in [-0.05, 0) is 77.3 Å². The van der Waals surface area contributed by atoms with Crippen molar-refractivity contribution in [3.05, 3.63) is 96.7 Å². The van der Waals surface area contributed by atoms with Gasteiger partial charge in [-0.25, -0.2) is 9.37 Å². The molecule has 0 fully saturated rings. The summed E-state index contributed by atoms with van der Waals surface area (Å²) in [5.74, 6) is 1.32. The first-order chi connectivity index (χ1) is 17.8. The first-order valence-electron chi connectivity index (χ1n) is 11.9. The molecule has 1 atom stereocenters. The van der Waals surface area contributed by atoms with Crippen LogP contribution in [0.4, 0.5) is 4.39 Å². The van der Waals surface area contributed by atoms with E-state index >= 15 is 0 Å². The third-order valence-electron chi connectivity index (χ3n) is 5.85. The molecule has 1 heterocycles. The summed E-state index contributed by atoms with van der Waals surface area (Å²) in [5, 5.41) is 5.03. The fraction of sp³-hybridized carbons (Fsp3) is 0.250. The van der Waals surface area contributed by atoms with Crippen molar-refractivity contribution in [3.8, 4) is 11.5 Å². The Bertz CT molecular complexity index is 1520. The van der Waals surface area contributed by atoms with Crippen molar-refractivity contribution in [1.82, 2.24) is 9.66 Å². The third-order valence-corrected chi connectivity index (χ3v) is 7.03. The minimum Gasteiger partial charge on any atom is -0.490 e. The maximum atomic E-state index is 13.5. The lowest BCUT2D eigenvalue weighted by Gasteiger charge is -2.15. The molecule has 37 heavy (non-hydrogen) atoms. The Hall–Kier alpha value is -3.04. The van der Waals surface area contributed by atoms with E-state index < -0.39 is 0 Å². The largest absolute Gasteiger partial charge is 0.490 e. The standard InChI is InChI=1S/C28H26Br2FN3O3/c1-4-17(3)27-33-24-10-9-20(29)13-22(24)28(35)34(27)32-15-19-12-25(36-5-2)26(14-23(19)30)37-16-18-7-6-8-21(31)11-18/h6-15,17H,4-5,16H2,1-3H3/t17-/m1/s1. The molecule has 0 radical (unpaired) electrons. The van der Waals surface area contributed by atoms with Crippen molar-refractivity contribution in [1.29, 1.82) is 0 Å². The van der Waals surface area contributed by atoms with Gasteiger partial charge in [0.25, 0.3) is 5.56 Å². The summed E-state index contributed by atoms with van der Waals surface area (Å²) >= 11 is 7.01. The number of fused-ring (bicyclic) bond motifs is 1. The van der Waals surface area contributed by atoms with Crippen LogP contribution < -0.4 is 15.0 Å². The minimum absolute atomic E-state index is 0.0268. The molecule has 0 saturated heterocycles. The molecule has 4 aromatic rings. The van der Waals surface area contributed by atoms with Gasteiger partial charge in [0.1, 0.15) is 18.2 Å². The van der Waals surface area contributed by atoms with E-state index in [0.717, 1.165) is 10.9 Å². The number of aromatic nitrogens is 2. The smallest absolute Gasteiger partial charge is 0.282 e. The molecular weight excluding hydrogens is 605 g/mol. The van der Waals surface area contributed by atoms with Gasteiger partial charge in [-0.15, -0.1) is 0 Å². The molecule has 0 amide bonds. The van der Waals surface area contributed by atoms with Crippen LogP contribution in [0.2, 0.25) is 0 Å². The summed E-state index contributed by atoms with van der Waals surface area (Å²) in [5.41, 5.74) is 1.79. The number of benzene rings is 3. The lowest BCUT2D eigenvalue weighted by Crippen LogP contribution is -2.23. The van der Waals surface area contributed by atoms with Gasteiger partial charge in [0.15, 0.2) is 11.5 Å². The molecular formula is C28H26Br2FN3O3. The SMILES string of the molecule is CCOc1cc(C=Nn2c([C@H](C)CC)nc3ccc(Br)cc3c2=O)c(Br)cc1OCc1cccc(F)c1. The lowest BCUT2D eigenvalue weighted by atomic mass is 10.1. The third kappa shape index (κ3) is 6.27. The van der Waals surface area contributed by atoms with Crippen LogP contribution in [0.3, 0.4) is 0 Å². The summed E-state index contributed by atoms with van der Waals surface area (Å²) in [6.45, 7) is 6.55. The van der Waals surface area contributed by atoms with Crippen molar-refractivity contribution < 1.29 is 13.9 Å². The van der Waals surface area contributed by atoms with Crippen LogP contribution in [0.25, 0.3) is 10.9 Å². The van der Waals surface area contributed by atoms with Crippen LogP contribution in [0.15, 0.2) is 73.4 Å². The van der Waals surface area contributed by atoms with Crippen molar-refractivity contribution in [2.45, 2.75) is 39.7 Å². The maximum absolute atomic E-state index is 13.5. The number of hydrogen-bond donors (Lipinski definition) is 0. The minimum atomic E-state index is -0.318. The van der Waals surface area contributed by atoms with E-state index in [1.165, 1.54) is 16.8 Å². The van der Waals surface area contributed by atoms with Crippen LogP contribution in [-0.2, 0) is 6.61 Å². The monoisotopic (exact) mass is 629 g/mol. The van der Waals surface area contributed by atoms with Crippen LogP contribution in [0.1, 0.15) is 50.1 Å². The van der Waals surface area contributed by atoms with Crippen LogP contribution in [0, 0.1) is 5.82 Å². The molecule has 1 aromatic heterocycles. The highest BCUT2D eigenvalue weighted by Crippen LogP contribution is 2.34. The van der Waals surface area contributed by atoms with Gasteiger partial charge in [-0.1, -0.05) is 41.9 Å². The molecule has 9 heteroatoms. The van der Waals surface area contributed by atoms with E-state index in [0.29, 0.717) is 50.4 Å². The highest BCUT2D eigenvalue weighted by molar-refractivity contribution is 9.10. The van der Waals surface area contributed by atoms with Crippen molar-refractivity contribution in [2.24, 2.45) is 5.10 Å². The fourth-order valence-corrected chi connectivity index (χ4v) is 4.50. The van der Waals surface area contributed by atoms with E-state index in [2.05, 4.69) is 37.0 Å². The average Bonchev–Trinajstić information content (AvgIpc) is 2.88. The predicted octanol–water partition coefficient (Wildman–Crippen LogP) is 7.43. The second-order valence-corrected chi connectivity index (χ2v) is 10.2. The first kappa shape index (κ1) is 27.0. The van der Waals surface area contributed by atoms with E-state index in [4.69, 9.17) is 14.5 Å². The fourth-order valence-electron chi connectivity index (χ4n) is 3.72. The average molecular weight is 631 g/mol. The Balaban J connectivity index is 1.72. The predicted molar refractivity (Wildman–Crippen MR) is 151 cm³/mol. The van der Waals surface area contributed by atoms with Crippen LogP contribution >= 0.6 is 31.9 Å². The van der Waals surface area contributed by atoms with Gasteiger partial charge in [0.2, 0.25) is 0 Å². The van der Waals surface area contributed by atoms with Gasteiger partial charge >= 0.3 is 0 Å². The van der Waals surface area contributed by atoms with Gasteiger partial charge in [0.05, 0.1) is 23.7 Å². The van der Waals surface area contributed by atoms with E-state index in [1.807, 2.05) is 32.9 Å². The van der Waals surface area contributed by atoms with Crippen molar-refractivity contribution in [2.75, 3.05) is 6.61 Å². The second kappa shape index (κ2) is 12.0. The molecule has 0 saturated carbocycles. The Labute approximate surface area is 231 Å². The maximum Gasteiger partial charge on any atom is 0.282 e. The summed E-state index contributed by atoms with van der Waals surface area (Å²) in [6.07, 6.45) is 2.40. The molecule has 0 N–H and O–H groups in total. The van der Waals surface area contributed by atoms with Gasteiger partial charge in [-0.2, -0.15) is 9.78 Å². The Kier molecular flexibility index (Phi) is 8.76. The van der Waals surface area contributed by atoms with Gasteiger partial charge < -0.3 is 9.47 Å². The molecule has 0 unspecified atom stereocenters. The highest BCUT2D eigenvalue weighted by atomic mass is 79.9. The number of hydrogen-bond acceptors (Lipinski definition) is 5. The normalized spacial score (nSPS) is 12.3. The molecule has 3 aromatic carbocycles.